The largest absolute Gasteiger partial charge is 0.403 e. The van der Waals surface area contributed by atoms with Gasteiger partial charge >= 0.3 is 6.18 Å². The number of hydrogen-bond acceptors (Lipinski definition) is 3. The number of carbonyl (C=O) groups excluding carboxylic acids is 2. The summed E-state index contributed by atoms with van der Waals surface area (Å²) in [5.41, 5.74) is -0.469. The molecule has 1 aromatic rings. The maximum Gasteiger partial charge on any atom is 0.403 e. The van der Waals surface area contributed by atoms with E-state index in [2.05, 4.69) is 15.5 Å². The van der Waals surface area contributed by atoms with Crippen LogP contribution in [0.2, 0.25) is 0 Å². The van der Waals surface area contributed by atoms with Crippen molar-refractivity contribution >= 4 is 11.8 Å². The molecule has 0 aromatic heterocycles. The Balaban J connectivity index is 1.34. The number of likely N-dealkylation sites (tertiary alicyclic amines) is 1. The number of aryl methyl sites for hydroxylation is 1. The minimum atomic E-state index is -4.48. The van der Waals surface area contributed by atoms with E-state index in [1.165, 1.54) is 0 Å². The van der Waals surface area contributed by atoms with Gasteiger partial charge in [-0.1, -0.05) is 24.1 Å². The van der Waals surface area contributed by atoms with Gasteiger partial charge in [0, 0.05) is 25.2 Å². The summed E-state index contributed by atoms with van der Waals surface area (Å²) in [6.45, 7) is 4.96. The van der Waals surface area contributed by atoms with Gasteiger partial charge in [-0.25, -0.2) is 0 Å². The first-order valence-corrected chi connectivity index (χ1v) is 10.6. The van der Waals surface area contributed by atoms with Crippen LogP contribution in [0.1, 0.15) is 48.0 Å². The zero-order valence-corrected chi connectivity index (χ0v) is 17.4. The number of amides is 2. The van der Waals surface area contributed by atoms with Crippen LogP contribution in [0.25, 0.3) is 0 Å². The van der Waals surface area contributed by atoms with Gasteiger partial charge in [0.25, 0.3) is 5.91 Å². The smallest absolute Gasteiger partial charge is 0.354 e. The van der Waals surface area contributed by atoms with E-state index in [1.807, 2.05) is 25.1 Å². The van der Waals surface area contributed by atoms with Crippen LogP contribution in [-0.2, 0) is 4.79 Å². The van der Waals surface area contributed by atoms with Crippen LogP contribution >= 0.6 is 0 Å². The molecule has 1 saturated heterocycles. The van der Waals surface area contributed by atoms with Crippen molar-refractivity contribution in [2.45, 2.75) is 45.2 Å². The summed E-state index contributed by atoms with van der Waals surface area (Å²) in [5.74, 6) is -0.568. The molecule has 1 heterocycles. The average molecular weight is 425 g/mol. The van der Waals surface area contributed by atoms with E-state index >= 15 is 0 Å². The Kier molecular flexibility index (Phi) is 7.06. The Morgan fingerprint density at radius 3 is 2.43 bits per heavy atom. The maximum absolute atomic E-state index is 13.2. The van der Waals surface area contributed by atoms with Crippen molar-refractivity contribution in [3.63, 3.8) is 0 Å². The lowest BCUT2D eigenvalue weighted by Crippen LogP contribution is -2.55. The van der Waals surface area contributed by atoms with E-state index in [4.69, 9.17) is 0 Å². The molecule has 1 aliphatic heterocycles. The van der Waals surface area contributed by atoms with E-state index in [9.17, 15) is 22.8 Å². The molecule has 2 fully saturated rings. The number of hydrogen-bond donors (Lipinski definition) is 2. The van der Waals surface area contributed by atoms with E-state index in [1.54, 1.807) is 6.07 Å². The third kappa shape index (κ3) is 5.14. The zero-order chi connectivity index (χ0) is 21.8. The Morgan fingerprint density at radius 2 is 1.87 bits per heavy atom. The van der Waals surface area contributed by atoms with E-state index in [0.29, 0.717) is 31.0 Å². The first-order valence-electron chi connectivity index (χ1n) is 10.6. The normalized spacial score (nSPS) is 19.7. The summed E-state index contributed by atoms with van der Waals surface area (Å²) in [6, 6.07) is 7.47. The van der Waals surface area contributed by atoms with Crippen LogP contribution in [-0.4, -0.2) is 55.6 Å². The molecule has 3 rings (SSSR count). The molecule has 1 saturated carbocycles. The highest BCUT2D eigenvalue weighted by Gasteiger charge is 2.63. The van der Waals surface area contributed by atoms with Crippen LogP contribution in [0, 0.1) is 18.3 Å². The fourth-order valence-electron chi connectivity index (χ4n) is 4.21. The molecule has 2 N–H and O–H groups in total. The second-order valence-electron chi connectivity index (χ2n) is 8.55. The van der Waals surface area contributed by atoms with Crippen LogP contribution in [0.3, 0.4) is 0 Å². The molecule has 0 radical (unpaired) electrons. The van der Waals surface area contributed by atoms with Crippen LogP contribution < -0.4 is 10.6 Å². The van der Waals surface area contributed by atoms with Gasteiger partial charge in [0.2, 0.25) is 5.91 Å². The lowest BCUT2D eigenvalue weighted by molar-refractivity contribution is -0.243. The molecule has 2 aliphatic rings. The number of benzene rings is 1. The van der Waals surface area contributed by atoms with Gasteiger partial charge in [-0.3, -0.25) is 9.59 Å². The predicted molar refractivity (Wildman–Crippen MR) is 108 cm³/mol. The van der Waals surface area contributed by atoms with Crippen molar-refractivity contribution in [3.05, 3.63) is 35.4 Å². The number of nitrogens with zero attached hydrogens (tertiary/aromatic N) is 1. The monoisotopic (exact) mass is 425 g/mol. The third-order valence-electron chi connectivity index (χ3n) is 6.44. The highest BCUT2D eigenvalue weighted by molar-refractivity contribution is 5.94. The minimum Gasteiger partial charge on any atom is -0.354 e. The second kappa shape index (κ2) is 9.37. The van der Waals surface area contributed by atoms with Gasteiger partial charge in [-0.05, 0) is 63.7 Å². The van der Waals surface area contributed by atoms with Crippen LogP contribution in [0.15, 0.2) is 24.3 Å². The Morgan fingerprint density at radius 1 is 1.17 bits per heavy atom. The molecule has 2 amide bonds. The molecule has 1 aliphatic carbocycles. The summed E-state index contributed by atoms with van der Waals surface area (Å²) in [4.78, 5) is 26.5. The molecular weight excluding hydrogens is 395 g/mol. The Labute approximate surface area is 175 Å². The molecular formula is C22H30F3N3O2. The van der Waals surface area contributed by atoms with Gasteiger partial charge in [0.15, 0.2) is 0 Å². The number of rotatable bonds is 7. The third-order valence-corrected chi connectivity index (χ3v) is 6.44. The lowest BCUT2D eigenvalue weighted by Gasteiger charge is -2.41. The first kappa shape index (κ1) is 22.6. The van der Waals surface area contributed by atoms with Crippen LogP contribution in [0.4, 0.5) is 13.2 Å². The van der Waals surface area contributed by atoms with Crippen molar-refractivity contribution in [2.24, 2.45) is 11.3 Å². The van der Waals surface area contributed by atoms with E-state index in [-0.39, 0.29) is 25.3 Å². The van der Waals surface area contributed by atoms with Gasteiger partial charge in [0.1, 0.15) is 5.41 Å². The summed E-state index contributed by atoms with van der Waals surface area (Å²) in [5, 5.41) is 5.49. The van der Waals surface area contributed by atoms with Crippen molar-refractivity contribution in [1.29, 1.82) is 0 Å². The number of carbonyl (C=O) groups is 2. The first-order chi connectivity index (χ1) is 14.2. The molecule has 8 heteroatoms. The Bertz CT molecular complexity index is 754. The van der Waals surface area contributed by atoms with E-state index in [0.717, 1.165) is 31.5 Å². The maximum atomic E-state index is 13.2. The predicted octanol–water partition coefficient (Wildman–Crippen LogP) is 3.29. The molecule has 0 atom stereocenters. The fraction of sp³-hybridized carbons (Fsp3) is 0.636. The summed E-state index contributed by atoms with van der Waals surface area (Å²) >= 11 is 0. The average Bonchev–Trinajstić information content (AvgIpc) is 2.65. The van der Waals surface area contributed by atoms with Gasteiger partial charge in [0.05, 0.1) is 0 Å². The standard InChI is InChI=1S/C22H30F3N3O2/c1-16-4-2-5-18(14-16)19(29)27-15-17-6-11-28(12-7-17)13-10-26-20(30)21(8-3-9-21)22(23,24)25/h2,4-5,14,17H,3,6-13,15H2,1H3,(H,26,30)(H,27,29). The van der Waals surface area contributed by atoms with Crippen LogP contribution in [0.5, 0.6) is 0 Å². The summed E-state index contributed by atoms with van der Waals surface area (Å²) in [6.07, 6.45) is -2.43. The zero-order valence-electron chi connectivity index (χ0n) is 17.4. The topological polar surface area (TPSA) is 61.4 Å². The van der Waals surface area contributed by atoms with Crippen molar-refractivity contribution in [3.8, 4) is 0 Å². The second-order valence-corrected chi connectivity index (χ2v) is 8.55. The molecule has 1 aromatic carbocycles. The fourth-order valence-corrected chi connectivity index (χ4v) is 4.21. The molecule has 0 bridgehead atoms. The molecule has 0 spiro atoms. The lowest BCUT2D eigenvalue weighted by atomic mass is 9.67. The van der Waals surface area contributed by atoms with Gasteiger partial charge < -0.3 is 15.5 Å². The molecule has 0 unspecified atom stereocenters. The van der Waals surface area contributed by atoms with Crippen molar-refractivity contribution in [1.82, 2.24) is 15.5 Å². The van der Waals surface area contributed by atoms with E-state index < -0.39 is 17.5 Å². The number of alkyl halides is 3. The van der Waals surface area contributed by atoms with Gasteiger partial charge in [-0.2, -0.15) is 13.2 Å². The summed E-state index contributed by atoms with van der Waals surface area (Å²) < 4.78 is 39.6. The molecule has 166 valence electrons. The highest BCUT2D eigenvalue weighted by atomic mass is 19.4. The number of nitrogens with one attached hydrogen (secondary N) is 2. The Hall–Kier alpha value is -2.09. The van der Waals surface area contributed by atoms with Gasteiger partial charge in [-0.15, -0.1) is 0 Å². The van der Waals surface area contributed by atoms with Crippen molar-refractivity contribution in [2.75, 3.05) is 32.7 Å². The number of halogens is 3. The van der Waals surface area contributed by atoms with Crippen molar-refractivity contribution < 1.29 is 22.8 Å². The quantitative estimate of drug-likeness (QED) is 0.705. The molecule has 5 nitrogen and oxygen atoms in total. The highest BCUT2D eigenvalue weighted by Crippen LogP contribution is 2.53. The summed E-state index contributed by atoms with van der Waals surface area (Å²) in [7, 11) is 0. The number of piperidine rings is 1. The minimum absolute atomic E-state index is 0.0709. The molecule has 30 heavy (non-hydrogen) atoms. The SMILES string of the molecule is Cc1cccc(C(=O)NCC2CCN(CCNC(=O)C3(C(F)(F)F)CCC3)CC2)c1.